The Morgan fingerprint density at radius 3 is 2.77 bits per heavy atom. The van der Waals surface area contributed by atoms with Crippen LogP contribution < -0.4 is 4.74 Å². The van der Waals surface area contributed by atoms with Gasteiger partial charge < -0.3 is 4.74 Å². The standard InChI is InChI=1S/C10H13BrOS/c1-3-4-12-9-5-8(11)6-10(7-9)13-2/h5-7H,3-4H2,1-2H3. The van der Waals surface area contributed by atoms with E-state index in [0.717, 1.165) is 23.2 Å². The van der Waals surface area contributed by atoms with Gasteiger partial charge in [0.25, 0.3) is 0 Å². The SMILES string of the molecule is CCCOc1cc(Br)cc(SC)c1. The second kappa shape index (κ2) is 5.55. The van der Waals surface area contributed by atoms with Gasteiger partial charge in [0.05, 0.1) is 6.61 Å². The van der Waals surface area contributed by atoms with Crippen molar-refractivity contribution >= 4 is 27.7 Å². The average molecular weight is 261 g/mol. The van der Waals surface area contributed by atoms with E-state index in [1.54, 1.807) is 11.8 Å². The highest BCUT2D eigenvalue weighted by molar-refractivity contribution is 9.10. The monoisotopic (exact) mass is 260 g/mol. The van der Waals surface area contributed by atoms with Crippen LogP contribution in [0.2, 0.25) is 0 Å². The molecule has 0 aliphatic carbocycles. The largest absolute Gasteiger partial charge is 0.494 e. The summed E-state index contributed by atoms with van der Waals surface area (Å²) >= 11 is 5.17. The van der Waals surface area contributed by atoms with Crippen LogP contribution >= 0.6 is 27.7 Å². The maximum absolute atomic E-state index is 5.54. The molecular weight excluding hydrogens is 248 g/mol. The fourth-order valence-corrected chi connectivity index (χ4v) is 2.06. The van der Waals surface area contributed by atoms with Crippen LogP contribution in [0.25, 0.3) is 0 Å². The molecule has 72 valence electrons. The molecule has 0 radical (unpaired) electrons. The Hall–Kier alpha value is -0.150. The lowest BCUT2D eigenvalue weighted by Crippen LogP contribution is -1.94. The molecule has 1 rings (SSSR count). The van der Waals surface area contributed by atoms with E-state index in [4.69, 9.17) is 4.74 Å². The lowest BCUT2D eigenvalue weighted by Gasteiger charge is -2.06. The molecule has 0 atom stereocenters. The maximum atomic E-state index is 5.54. The Bertz CT molecular complexity index is 276. The number of halogens is 1. The van der Waals surface area contributed by atoms with Gasteiger partial charge in [0.1, 0.15) is 5.75 Å². The smallest absolute Gasteiger partial charge is 0.121 e. The molecule has 0 aliphatic rings. The minimum absolute atomic E-state index is 0.782. The molecule has 13 heavy (non-hydrogen) atoms. The number of hydrogen-bond donors (Lipinski definition) is 0. The van der Waals surface area contributed by atoms with Crippen LogP contribution in [-0.4, -0.2) is 12.9 Å². The predicted octanol–water partition coefficient (Wildman–Crippen LogP) is 3.96. The molecule has 0 saturated heterocycles. The third-order valence-electron chi connectivity index (χ3n) is 1.55. The third-order valence-corrected chi connectivity index (χ3v) is 2.72. The Kier molecular flexibility index (Phi) is 4.67. The number of rotatable bonds is 4. The fourth-order valence-electron chi connectivity index (χ4n) is 0.958. The van der Waals surface area contributed by atoms with E-state index in [9.17, 15) is 0 Å². The predicted molar refractivity (Wildman–Crippen MR) is 61.7 cm³/mol. The number of hydrogen-bond acceptors (Lipinski definition) is 2. The Morgan fingerprint density at radius 2 is 2.15 bits per heavy atom. The van der Waals surface area contributed by atoms with Crippen LogP contribution in [0, 0.1) is 0 Å². The summed E-state index contributed by atoms with van der Waals surface area (Å²) in [7, 11) is 0. The minimum Gasteiger partial charge on any atom is -0.494 e. The lowest BCUT2D eigenvalue weighted by atomic mass is 10.3. The van der Waals surface area contributed by atoms with Crippen LogP contribution in [0.15, 0.2) is 27.6 Å². The number of thioether (sulfide) groups is 1. The van der Waals surface area contributed by atoms with Gasteiger partial charge in [-0.1, -0.05) is 22.9 Å². The highest BCUT2D eigenvalue weighted by Gasteiger charge is 1.98. The number of benzene rings is 1. The van der Waals surface area contributed by atoms with Crippen molar-refractivity contribution in [2.75, 3.05) is 12.9 Å². The first-order valence-corrected chi connectivity index (χ1v) is 6.25. The second-order valence-electron chi connectivity index (χ2n) is 2.68. The quantitative estimate of drug-likeness (QED) is 0.759. The Balaban J connectivity index is 2.76. The van der Waals surface area contributed by atoms with E-state index in [2.05, 4.69) is 41.2 Å². The van der Waals surface area contributed by atoms with Gasteiger partial charge in [0.2, 0.25) is 0 Å². The molecule has 0 amide bonds. The van der Waals surface area contributed by atoms with Crippen LogP contribution in [0.5, 0.6) is 5.75 Å². The maximum Gasteiger partial charge on any atom is 0.121 e. The summed E-state index contributed by atoms with van der Waals surface area (Å²) in [6, 6.07) is 6.14. The van der Waals surface area contributed by atoms with Gasteiger partial charge in [-0.2, -0.15) is 0 Å². The molecule has 0 unspecified atom stereocenters. The molecule has 1 aromatic carbocycles. The van der Waals surface area contributed by atoms with Crippen LogP contribution in [0.1, 0.15) is 13.3 Å². The average Bonchev–Trinajstić information content (AvgIpc) is 2.14. The van der Waals surface area contributed by atoms with E-state index < -0.39 is 0 Å². The van der Waals surface area contributed by atoms with Crippen molar-refractivity contribution in [1.29, 1.82) is 0 Å². The highest BCUT2D eigenvalue weighted by Crippen LogP contribution is 2.26. The summed E-state index contributed by atoms with van der Waals surface area (Å²) in [6.45, 7) is 2.89. The summed E-state index contributed by atoms with van der Waals surface area (Å²) in [4.78, 5) is 1.22. The summed E-state index contributed by atoms with van der Waals surface area (Å²) in [6.07, 6.45) is 3.10. The van der Waals surface area contributed by atoms with Gasteiger partial charge in [-0.15, -0.1) is 11.8 Å². The third kappa shape index (κ3) is 3.61. The second-order valence-corrected chi connectivity index (χ2v) is 4.47. The van der Waals surface area contributed by atoms with Crippen molar-refractivity contribution in [1.82, 2.24) is 0 Å². The molecule has 0 aliphatic heterocycles. The molecule has 0 bridgehead atoms. The normalized spacial score (nSPS) is 10.1. The first kappa shape index (κ1) is 10.9. The molecule has 0 spiro atoms. The first-order chi connectivity index (χ1) is 6.26. The summed E-state index contributed by atoms with van der Waals surface area (Å²) < 4.78 is 6.61. The zero-order valence-corrected chi connectivity index (χ0v) is 10.2. The van der Waals surface area contributed by atoms with Crippen LogP contribution in [-0.2, 0) is 0 Å². The van der Waals surface area contributed by atoms with Gasteiger partial charge in [0.15, 0.2) is 0 Å². The molecule has 1 nitrogen and oxygen atoms in total. The fraction of sp³-hybridized carbons (Fsp3) is 0.400. The minimum atomic E-state index is 0.782. The van der Waals surface area contributed by atoms with Crippen molar-refractivity contribution in [3.63, 3.8) is 0 Å². The van der Waals surface area contributed by atoms with E-state index in [-0.39, 0.29) is 0 Å². The van der Waals surface area contributed by atoms with E-state index in [0.29, 0.717) is 0 Å². The molecule has 0 fully saturated rings. The van der Waals surface area contributed by atoms with Gasteiger partial charge in [-0.3, -0.25) is 0 Å². The first-order valence-electron chi connectivity index (χ1n) is 4.23. The summed E-state index contributed by atoms with van der Waals surface area (Å²) in [5.41, 5.74) is 0. The van der Waals surface area contributed by atoms with Gasteiger partial charge in [-0.25, -0.2) is 0 Å². The zero-order chi connectivity index (χ0) is 9.68. The molecule has 1 aromatic rings. The van der Waals surface area contributed by atoms with Gasteiger partial charge in [0, 0.05) is 9.37 Å². The molecule has 0 saturated carbocycles. The highest BCUT2D eigenvalue weighted by atomic mass is 79.9. The van der Waals surface area contributed by atoms with Crippen LogP contribution in [0.4, 0.5) is 0 Å². The van der Waals surface area contributed by atoms with E-state index >= 15 is 0 Å². The topological polar surface area (TPSA) is 9.23 Å². The van der Waals surface area contributed by atoms with Crippen molar-refractivity contribution in [2.24, 2.45) is 0 Å². The van der Waals surface area contributed by atoms with Crippen molar-refractivity contribution < 1.29 is 4.74 Å². The summed E-state index contributed by atoms with van der Waals surface area (Å²) in [5, 5.41) is 0. The molecular formula is C10H13BrOS. The molecule has 0 heterocycles. The van der Waals surface area contributed by atoms with Crippen molar-refractivity contribution in [3.05, 3.63) is 22.7 Å². The summed E-state index contributed by atoms with van der Waals surface area (Å²) in [5.74, 6) is 0.945. The Morgan fingerprint density at radius 1 is 1.38 bits per heavy atom. The van der Waals surface area contributed by atoms with Gasteiger partial charge in [-0.05, 0) is 30.9 Å². The lowest BCUT2D eigenvalue weighted by molar-refractivity contribution is 0.316. The zero-order valence-electron chi connectivity index (χ0n) is 7.84. The molecule has 0 aromatic heterocycles. The van der Waals surface area contributed by atoms with E-state index in [1.165, 1.54) is 4.90 Å². The van der Waals surface area contributed by atoms with E-state index in [1.807, 2.05) is 6.07 Å². The van der Waals surface area contributed by atoms with Crippen molar-refractivity contribution in [3.8, 4) is 5.75 Å². The molecule has 3 heteroatoms. The number of ether oxygens (including phenoxy) is 1. The van der Waals surface area contributed by atoms with Crippen LogP contribution in [0.3, 0.4) is 0 Å². The molecule has 0 N–H and O–H groups in total. The van der Waals surface area contributed by atoms with Gasteiger partial charge >= 0.3 is 0 Å². The Labute approximate surface area is 92.0 Å². The van der Waals surface area contributed by atoms with Crippen molar-refractivity contribution in [2.45, 2.75) is 18.2 Å².